The molecule has 0 amide bonds. The van der Waals surface area contributed by atoms with Crippen molar-refractivity contribution in [3.63, 3.8) is 0 Å². The average Bonchev–Trinajstić information content (AvgIpc) is 2.85. The third-order valence-corrected chi connectivity index (χ3v) is 3.81. The first kappa shape index (κ1) is 14.0. The summed E-state index contributed by atoms with van der Waals surface area (Å²) in [5.74, 6) is 0.689. The Morgan fingerprint density at radius 1 is 1.32 bits per heavy atom. The molecule has 0 radical (unpaired) electrons. The first-order valence-electron chi connectivity index (χ1n) is 6.70. The van der Waals surface area contributed by atoms with Gasteiger partial charge in [0.05, 0.1) is 24.8 Å². The SMILES string of the molecule is N#Cc1cc(F)cc(COCC2CCCC2CN)c1. The van der Waals surface area contributed by atoms with Crippen molar-refractivity contribution in [1.82, 2.24) is 0 Å². The largest absolute Gasteiger partial charge is 0.376 e. The molecule has 1 aromatic carbocycles. The van der Waals surface area contributed by atoms with E-state index >= 15 is 0 Å². The Hall–Kier alpha value is -1.44. The molecule has 0 aromatic heterocycles. The van der Waals surface area contributed by atoms with Crippen LogP contribution in [0.2, 0.25) is 0 Å². The van der Waals surface area contributed by atoms with Gasteiger partial charge in [-0.25, -0.2) is 4.39 Å². The summed E-state index contributed by atoms with van der Waals surface area (Å²) in [6, 6.07) is 6.25. The van der Waals surface area contributed by atoms with Crippen LogP contribution < -0.4 is 5.73 Å². The Balaban J connectivity index is 1.86. The maximum absolute atomic E-state index is 13.2. The molecule has 3 nitrogen and oxygen atoms in total. The van der Waals surface area contributed by atoms with E-state index in [1.807, 2.05) is 6.07 Å². The van der Waals surface area contributed by atoms with Gasteiger partial charge in [-0.15, -0.1) is 0 Å². The Morgan fingerprint density at radius 3 is 2.84 bits per heavy atom. The van der Waals surface area contributed by atoms with Crippen molar-refractivity contribution in [2.45, 2.75) is 25.9 Å². The van der Waals surface area contributed by atoms with Crippen LogP contribution in [-0.4, -0.2) is 13.2 Å². The highest BCUT2D eigenvalue weighted by molar-refractivity contribution is 5.33. The first-order valence-corrected chi connectivity index (χ1v) is 6.70. The van der Waals surface area contributed by atoms with Crippen molar-refractivity contribution in [2.24, 2.45) is 17.6 Å². The number of nitriles is 1. The fraction of sp³-hybridized carbons (Fsp3) is 0.533. The maximum Gasteiger partial charge on any atom is 0.124 e. The minimum Gasteiger partial charge on any atom is -0.376 e. The molecule has 1 aromatic rings. The van der Waals surface area contributed by atoms with Gasteiger partial charge in [0, 0.05) is 0 Å². The van der Waals surface area contributed by atoms with Crippen LogP contribution in [0.4, 0.5) is 4.39 Å². The van der Waals surface area contributed by atoms with E-state index in [0.29, 0.717) is 42.7 Å². The van der Waals surface area contributed by atoms with Gasteiger partial charge in [-0.1, -0.05) is 6.42 Å². The summed E-state index contributed by atoms with van der Waals surface area (Å²) in [5.41, 5.74) is 6.76. The van der Waals surface area contributed by atoms with Crippen molar-refractivity contribution in [2.75, 3.05) is 13.2 Å². The van der Waals surface area contributed by atoms with Crippen LogP contribution in [0.5, 0.6) is 0 Å². The van der Waals surface area contributed by atoms with Gasteiger partial charge < -0.3 is 10.5 Å². The summed E-state index contributed by atoms with van der Waals surface area (Å²) in [7, 11) is 0. The molecule has 1 aliphatic carbocycles. The van der Waals surface area contributed by atoms with Gasteiger partial charge in [-0.3, -0.25) is 0 Å². The Morgan fingerprint density at radius 2 is 2.11 bits per heavy atom. The monoisotopic (exact) mass is 262 g/mol. The van der Waals surface area contributed by atoms with Crippen LogP contribution in [0.1, 0.15) is 30.4 Å². The molecule has 1 fully saturated rings. The van der Waals surface area contributed by atoms with Crippen molar-refractivity contribution >= 4 is 0 Å². The summed E-state index contributed by atoms with van der Waals surface area (Å²) in [6.45, 7) is 1.73. The highest BCUT2D eigenvalue weighted by atomic mass is 19.1. The molecular formula is C15H19FN2O. The Labute approximate surface area is 113 Å². The third-order valence-electron chi connectivity index (χ3n) is 3.81. The van der Waals surface area contributed by atoms with E-state index < -0.39 is 5.82 Å². The predicted octanol–water partition coefficient (Wildman–Crippen LogP) is 2.59. The maximum atomic E-state index is 13.2. The lowest BCUT2D eigenvalue weighted by atomic mass is 9.97. The lowest BCUT2D eigenvalue weighted by molar-refractivity contribution is 0.0752. The first-order chi connectivity index (χ1) is 9.22. The van der Waals surface area contributed by atoms with Crippen LogP contribution in [-0.2, 0) is 11.3 Å². The summed E-state index contributed by atoms with van der Waals surface area (Å²) in [4.78, 5) is 0. The third kappa shape index (κ3) is 3.76. The van der Waals surface area contributed by atoms with Crippen LogP contribution in [0, 0.1) is 29.0 Å². The molecule has 0 aliphatic heterocycles. The van der Waals surface area contributed by atoms with E-state index in [-0.39, 0.29) is 0 Å². The normalized spacial score (nSPS) is 22.4. The molecule has 2 unspecified atom stereocenters. The van der Waals surface area contributed by atoms with E-state index in [1.165, 1.54) is 25.0 Å². The summed E-state index contributed by atoms with van der Waals surface area (Å²) < 4.78 is 18.9. The van der Waals surface area contributed by atoms with E-state index in [9.17, 15) is 4.39 Å². The molecule has 0 bridgehead atoms. The second kappa shape index (κ2) is 6.65. The molecule has 19 heavy (non-hydrogen) atoms. The van der Waals surface area contributed by atoms with Crippen molar-refractivity contribution in [3.8, 4) is 6.07 Å². The number of nitrogens with two attached hydrogens (primary N) is 1. The fourth-order valence-electron chi connectivity index (χ4n) is 2.77. The van der Waals surface area contributed by atoms with E-state index in [1.54, 1.807) is 6.07 Å². The number of halogens is 1. The highest BCUT2D eigenvalue weighted by Gasteiger charge is 2.25. The fourth-order valence-corrected chi connectivity index (χ4v) is 2.77. The number of hydrogen-bond donors (Lipinski definition) is 1. The average molecular weight is 262 g/mol. The summed E-state index contributed by atoms with van der Waals surface area (Å²) in [6.07, 6.45) is 3.56. The van der Waals surface area contributed by atoms with Crippen molar-refractivity contribution in [1.29, 1.82) is 5.26 Å². The molecule has 102 valence electrons. The minimum absolute atomic E-state index is 0.333. The van der Waals surface area contributed by atoms with Gasteiger partial charge in [0.15, 0.2) is 0 Å². The minimum atomic E-state index is -0.390. The number of nitrogens with zero attached hydrogens (tertiary/aromatic N) is 1. The predicted molar refractivity (Wildman–Crippen MR) is 70.7 cm³/mol. The van der Waals surface area contributed by atoms with Gasteiger partial charge in [-0.2, -0.15) is 5.26 Å². The van der Waals surface area contributed by atoms with Crippen LogP contribution in [0.25, 0.3) is 0 Å². The second-order valence-corrected chi connectivity index (χ2v) is 5.16. The van der Waals surface area contributed by atoms with Crippen LogP contribution in [0.3, 0.4) is 0 Å². The van der Waals surface area contributed by atoms with Crippen LogP contribution in [0.15, 0.2) is 18.2 Å². The zero-order valence-electron chi connectivity index (χ0n) is 10.9. The van der Waals surface area contributed by atoms with Gasteiger partial charge >= 0.3 is 0 Å². The number of rotatable bonds is 5. The van der Waals surface area contributed by atoms with Crippen LogP contribution >= 0.6 is 0 Å². The zero-order chi connectivity index (χ0) is 13.7. The molecular weight excluding hydrogens is 243 g/mol. The molecule has 2 N–H and O–H groups in total. The lowest BCUT2D eigenvalue weighted by Gasteiger charge is -2.17. The molecule has 2 atom stereocenters. The Kier molecular flexibility index (Phi) is 4.89. The lowest BCUT2D eigenvalue weighted by Crippen LogP contribution is -2.22. The number of hydrogen-bond acceptors (Lipinski definition) is 3. The highest BCUT2D eigenvalue weighted by Crippen LogP contribution is 2.31. The molecule has 0 heterocycles. The molecule has 1 aliphatic rings. The van der Waals surface area contributed by atoms with Gasteiger partial charge in [0.2, 0.25) is 0 Å². The van der Waals surface area contributed by atoms with Gasteiger partial charge in [-0.05, 0) is 55.0 Å². The van der Waals surface area contributed by atoms with Crippen molar-refractivity contribution < 1.29 is 9.13 Å². The zero-order valence-corrected chi connectivity index (χ0v) is 10.9. The summed E-state index contributed by atoms with van der Waals surface area (Å²) in [5, 5.41) is 8.78. The quantitative estimate of drug-likeness (QED) is 0.887. The van der Waals surface area contributed by atoms with Crippen molar-refractivity contribution in [3.05, 3.63) is 35.1 Å². The second-order valence-electron chi connectivity index (χ2n) is 5.16. The number of benzene rings is 1. The van der Waals surface area contributed by atoms with Gasteiger partial charge in [0.25, 0.3) is 0 Å². The number of ether oxygens (including phenoxy) is 1. The van der Waals surface area contributed by atoms with Gasteiger partial charge in [0.1, 0.15) is 5.82 Å². The summed E-state index contributed by atoms with van der Waals surface area (Å²) >= 11 is 0. The Bertz CT molecular complexity index is 470. The van der Waals surface area contributed by atoms with E-state index in [2.05, 4.69) is 0 Å². The molecule has 0 saturated heterocycles. The standard InChI is InChI=1S/C15H19FN2O/c16-15-5-11(7-17)4-12(6-15)9-19-10-14-3-1-2-13(14)8-18/h4-6,13-14H,1-3,8-10,18H2. The molecule has 0 spiro atoms. The molecule has 1 saturated carbocycles. The smallest absolute Gasteiger partial charge is 0.124 e. The molecule has 2 rings (SSSR count). The van der Waals surface area contributed by atoms with E-state index in [4.69, 9.17) is 15.7 Å². The van der Waals surface area contributed by atoms with E-state index in [0.717, 1.165) is 6.42 Å². The topological polar surface area (TPSA) is 59.0 Å². The molecule has 4 heteroatoms.